The maximum Gasteiger partial charge on any atom is 0.200 e. The summed E-state index contributed by atoms with van der Waals surface area (Å²) in [4.78, 5) is 2.46. The van der Waals surface area contributed by atoms with E-state index < -0.39 is 30.8 Å². The Hall–Kier alpha value is -1.84. The molecule has 1 rings (SSSR count). The molecule has 1 heterocycles. The molecule has 1 unspecified atom stereocenters. The van der Waals surface area contributed by atoms with Gasteiger partial charge in [-0.3, -0.25) is 5.41 Å². The zero-order chi connectivity index (χ0) is 13.8. The second-order valence-corrected chi connectivity index (χ2v) is 3.62. The molecule has 10 heteroatoms. The van der Waals surface area contributed by atoms with Crippen molar-refractivity contribution in [2.24, 2.45) is 10.8 Å². The first-order valence-corrected chi connectivity index (χ1v) is 4.94. The SMILES string of the molecule is [N-]=[N+]=N[C@]1(CO)OC(N/C=C\C(=N)N)[C@H](O)[C@@H]1O. The van der Waals surface area contributed by atoms with Crippen molar-refractivity contribution in [2.75, 3.05) is 6.61 Å². The van der Waals surface area contributed by atoms with Gasteiger partial charge in [-0.15, -0.1) is 0 Å². The molecular weight excluding hydrogens is 244 g/mol. The van der Waals surface area contributed by atoms with Crippen molar-refractivity contribution in [1.82, 2.24) is 5.32 Å². The van der Waals surface area contributed by atoms with Gasteiger partial charge in [0.1, 0.15) is 18.0 Å². The lowest BCUT2D eigenvalue weighted by molar-refractivity contribution is -0.110. The number of aliphatic hydroxyl groups excluding tert-OH is 3. The van der Waals surface area contributed by atoms with Gasteiger partial charge >= 0.3 is 0 Å². The van der Waals surface area contributed by atoms with Gasteiger partial charge in [-0.25, -0.2) is 0 Å². The summed E-state index contributed by atoms with van der Waals surface area (Å²) in [5.74, 6) is -0.223. The Bertz CT molecular complexity index is 395. The predicted molar refractivity (Wildman–Crippen MR) is 60.0 cm³/mol. The van der Waals surface area contributed by atoms with Crippen molar-refractivity contribution in [3.8, 4) is 0 Å². The molecule has 0 aromatic heterocycles. The second kappa shape index (κ2) is 5.67. The average Bonchev–Trinajstić information content (AvgIpc) is 2.55. The van der Waals surface area contributed by atoms with E-state index in [9.17, 15) is 10.2 Å². The fourth-order valence-electron chi connectivity index (χ4n) is 1.48. The van der Waals surface area contributed by atoms with Crippen LogP contribution in [0.3, 0.4) is 0 Å². The summed E-state index contributed by atoms with van der Waals surface area (Å²) in [5, 5.41) is 41.1. The fraction of sp³-hybridized carbons (Fsp3) is 0.625. The van der Waals surface area contributed by atoms with E-state index in [1.165, 1.54) is 12.3 Å². The molecule has 0 bridgehead atoms. The number of aliphatic hydroxyl groups is 3. The number of ether oxygens (including phenoxy) is 1. The number of hydrogen-bond donors (Lipinski definition) is 6. The van der Waals surface area contributed by atoms with Crippen LogP contribution >= 0.6 is 0 Å². The van der Waals surface area contributed by atoms with Crippen LogP contribution in [0, 0.1) is 5.41 Å². The van der Waals surface area contributed by atoms with E-state index in [0.29, 0.717) is 0 Å². The number of rotatable bonds is 5. The maximum absolute atomic E-state index is 9.69. The highest BCUT2D eigenvalue weighted by atomic mass is 16.6. The van der Waals surface area contributed by atoms with E-state index in [2.05, 4.69) is 15.3 Å². The molecule has 10 nitrogen and oxygen atoms in total. The summed E-state index contributed by atoms with van der Waals surface area (Å²) in [6.07, 6.45) is -1.68. The highest BCUT2D eigenvalue weighted by Gasteiger charge is 2.53. The zero-order valence-electron chi connectivity index (χ0n) is 9.26. The minimum Gasteiger partial charge on any atom is -0.393 e. The Morgan fingerprint density at radius 1 is 1.67 bits per heavy atom. The lowest BCUT2D eigenvalue weighted by Gasteiger charge is -2.23. The van der Waals surface area contributed by atoms with E-state index in [-0.39, 0.29) is 5.84 Å². The summed E-state index contributed by atoms with van der Waals surface area (Å²) in [5.41, 5.74) is 11.5. The summed E-state index contributed by atoms with van der Waals surface area (Å²) in [6, 6.07) is 0. The van der Waals surface area contributed by atoms with E-state index in [4.69, 9.17) is 26.5 Å². The quantitative estimate of drug-likeness (QED) is 0.110. The molecule has 0 aliphatic carbocycles. The average molecular weight is 258 g/mol. The van der Waals surface area contributed by atoms with Gasteiger partial charge in [-0.2, -0.15) is 0 Å². The van der Waals surface area contributed by atoms with Crippen LogP contribution in [-0.4, -0.2) is 51.9 Å². The molecule has 1 aliphatic heterocycles. The lowest BCUT2D eigenvalue weighted by atomic mass is 10.1. The molecule has 4 atom stereocenters. The molecule has 1 aliphatic rings. The van der Waals surface area contributed by atoms with E-state index >= 15 is 0 Å². The smallest absolute Gasteiger partial charge is 0.200 e. The van der Waals surface area contributed by atoms with Gasteiger partial charge in [-0.05, 0) is 11.6 Å². The molecule has 100 valence electrons. The predicted octanol–water partition coefficient (Wildman–Crippen LogP) is -1.90. The van der Waals surface area contributed by atoms with Crippen LogP contribution in [-0.2, 0) is 4.74 Å². The van der Waals surface area contributed by atoms with Crippen molar-refractivity contribution in [3.63, 3.8) is 0 Å². The first kappa shape index (κ1) is 14.2. The minimum absolute atomic E-state index is 0.223. The number of nitrogens with zero attached hydrogens (tertiary/aromatic N) is 3. The van der Waals surface area contributed by atoms with Crippen molar-refractivity contribution in [1.29, 1.82) is 5.41 Å². The van der Waals surface area contributed by atoms with Gasteiger partial charge in [0.15, 0.2) is 6.23 Å². The molecule has 0 aromatic carbocycles. The van der Waals surface area contributed by atoms with Crippen molar-refractivity contribution in [3.05, 3.63) is 22.7 Å². The first-order valence-electron chi connectivity index (χ1n) is 4.94. The zero-order valence-corrected chi connectivity index (χ0v) is 9.26. The van der Waals surface area contributed by atoms with Gasteiger partial charge in [0.25, 0.3) is 0 Å². The second-order valence-electron chi connectivity index (χ2n) is 3.62. The Kier molecular flexibility index (Phi) is 4.48. The summed E-state index contributed by atoms with van der Waals surface area (Å²) >= 11 is 0. The maximum atomic E-state index is 9.69. The monoisotopic (exact) mass is 258 g/mol. The normalized spacial score (nSPS) is 35.4. The fourth-order valence-corrected chi connectivity index (χ4v) is 1.48. The standard InChI is InChI=1S/C8H14N6O4/c9-4(10)1-2-12-7-5(16)6(17)8(3-15,18-7)13-14-11/h1-2,5-7,12,15-17H,3H2,(H3,9,10)/b2-1-/t5-,6+,7?,8-/m1/s1. The van der Waals surface area contributed by atoms with E-state index in [1.807, 2.05) is 0 Å². The van der Waals surface area contributed by atoms with E-state index in [0.717, 1.165) is 0 Å². The summed E-state index contributed by atoms with van der Waals surface area (Å²) in [6.45, 7) is -0.788. The van der Waals surface area contributed by atoms with Crippen LogP contribution in [0.1, 0.15) is 0 Å². The van der Waals surface area contributed by atoms with Gasteiger partial charge in [0.2, 0.25) is 5.72 Å². The number of amidine groups is 1. The number of nitrogens with one attached hydrogen (secondary N) is 2. The highest BCUT2D eigenvalue weighted by molar-refractivity contribution is 5.88. The first-order chi connectivity index (χ1) is 8.46. The Labute approximate surface area is 102 Å². The number of nitrogens with two attached hydrogens (primary N) is 1. The van der Waals surface area contributed by atoms with Crippen LogP contribution < -0.4 is 11.1 Å². The lowest BCUT2D eigenvalue weighted by Crippen LogP contribution is -2.44. The number of azide groups is 1. The third kappa shape index (κ3) is 2.70. The highest BCUT2D eigenvalue weighted by Crippen LogP contribution is 2.31. The molecule has 0 radical (unpaired) electrons. The Balaban J connectivity index is 2.80. The van der Waals surface area contributed by atoms with Gasteiger partial charge < -0.3 is 31.1 Å². The van der Waals surface area contributed by atoms with Crippen LogP contribution in [0.4, 0.5) is 0 Å². The molecule has 0 saturated carbocycles. The van der Waals surface area contributed by atoms with Gasteiger partial charge in [0.05, 0.1) is 6.61 Å². The van der Waals surface area contributed by atoms with Crippen LogP contribution in [0.25, 0.3) is 10.4 Å². The van der Waals surface area contributed by atoms with Crippen molar-refractivity contribution < 1.29 is 20.1 Å². The third-order valence-corrected chi connectivity index (χ3v) is 2.39. The molecule has 0 aromatic rings. The topological polar surface area (TPSA) is 181 Å². The van der Waals surface area contributed by atoms with E-state index in [1.54, 1.807) is 0 Å². The molecule has 1 fully saturated rings. The Morgan fingerprint density at radius 2 is 2.33 bits per heavy atom. The number of hydrogen-bond acceptors (Lipinski definition) is 7. The van der Waals surface area contributed by atoms with Gasteiger partial charge in [-0.1, -0.05) is 5.11 Å². The molecule has 0 spiro atoms. The van der Waals surface area contributed by atoms with Crippen molar-refractivity contribution in [2.45, 2.75) is 24.2 Å². The van der Waals surface area contributed by atoms with Crippen molar-refractivity contribution >= 4 is 5.84 Å². The molecule has 1 saturated heterocycles. The van der Waals surface area contributed by atoms with Crippen LogP contribution in [0.2, 0.25) is 0 Å². The Morgan fingerprint density at radius 3 is 2.83 bits per heavy atom. The summed E-state index contributed by atoms with van der Waals surface area (Å²) in [7, 11) is 0. The van der Waals surface area contributed by atoms with Crippen LogP contribution in [0.5, 0.6) is 0 Å². The van der Waals surface area contributed by atoms with Crippen LogP contribution in [0.15, 0.2) is 17.4 Å². The molecule has 18 heavy (non-hydrogen) atoms. The minimum atomic E-state index is -1.93. The largest absolute Gasteiger partial charge is 0.393 e. The van der Waals surface area contributed by atoms with Gasteiger partial charge in [0, 0.05) is 11.1 Å². The molecule has 7 N–H and O–H groups in total. The molecular formula is C8H14N6O4. The molecule has 0 amide bonds. The summed E-state index contributed by atoms with van der Waals surface area (Å²) < 4.78 is 5.10. The third-order valence-electron chi connectivity index (χ3n) is 2.39.